The summed E-state index contributed by atoms with van der Waals surface area (Å²) in [5, 5.41) is 7.13. The number of halogens is 2. The van der Waals surface area contributed by atoms with Crippen molar-refractivity contribution in [2.75, 3.05) is 18.4 Å². The van der Waals surface area contributed by atoms with Gasteiger partial charge in [0.25, 0.3) is 5.91 Å². The third-order valence-electron chi connectivity index (χ3n) is 6.43. The second kappa shape index (κ2) is 11.7. The Bertz CT molecular complexity index is 1180. The van der Waals surface area contributed by atoms with Gasteiger partial charge in [-0.3, -0.25) is 14.5 Å². The van der Waals surface area contributed by atoms with E-state index in [1.54, 1.807) is 18.2 Å². The lowest BCUT2D eigenvalue weighted by Crippen LogP contribution is -2.38. The highest BCUT2D eigenvalue weighted by atomic mass is 35.5. The standard InChI is InChI=1S/C28H29Cl2N3O2/c1-19(21-7-3-2-4-8-21)31-28(35)23-9-5-6-10-26(23)32-27(34)22-13-15-33(16-14-22)18-20-11-12-24(29)25(30)17-20/h2-12,17,19,22H,13-16,18H2,1H3,(H,31,35)(H,32,34). The van der Waals surface area contributed by atoms with Gasteiger partial charge in [0.05, 0.1) is 27.3 Å². The number of benzene rings is 3. The molecule has 1 atom stereocenters. The molecule has 1 fully saturated rings. The Morgan fingerprint density at radius 2 is 1.63 bits per heavy atom. The predicted octanol–water partition coefficient (Wildman–Crippen LogP) is 6.34. The zero-order chi connectivity index (χ0) is 24.8. The zero-order valence-corrected chi connectivity index (χ0v) is 21.1. The fourth-order valence-corrected chi connectivity index (χ4v) is 4.69. The van der Waals surface area contributed by atoms with Gasteiger partial charge in [-0.2, -0.15) is 0 Å². The van der Waals surface area contributed by atoms with Gasteiger partial charge in [-0.1, -0.05) is 71.7 Å². The molecule has 7 heteroatoms. The second-order valence-corrected chi connectivity index (χ2v) is 9.75. The topological polar surface area (TPSA) is 61.4 Å². The summed E-state index contributed by atoms with van der Waals surface area (Å²) < 4.78 is 0. The SMILES string of the molecule is CC(NC(=O)c1ccccc1NC(=O)C1CCN(Cc2ccc(Cl)c(Cl)c2)CC1)c1ccccc1. The molecule has 0 bridgehead atoms. The molecule has 0 spiro atoms. The van der Waals surface area contributed by atoms with Crippen LogP contribution in [-0.2, 0) is 11.3 Å². The first kappa shape index (κ1) is 25.2. The number of nitrogens with zero attached hydrogens (tertiary/aromatic N) is 1. The van der Waals surface area contributed by atoms with Crippen LogP contribution in [0, 0.1) is 5.92 Å². The van der Waals surface area contributed by atoms with E-state index >= 15 is 0 Å². The van der Waals surface area contributed by atoms with Gasteiger partial charge in [-0.15, -0.1) is 0 Å². The van der Waals surface area contributed by atoms with Crippen molar-refractivity contribution in [3.8, 4) is 0 Å². The van der Waals surface area contributed by atoms with Crippen LogP contribution in [0.5, 0.6) is 0 Å². The van der Waals surface area contributed by atoms with Crippen molar-refractivity contribution in [2.24, 2.45) is 5.92 Å². The smallest absolute Gasteiger partial charge is 0.253 e. The third-order valence-corrected chi connectivity index (χ3v) is 7.16. The predicted molar refractivity (Wildman–Crippen MR) is 142 cm³/mol. The first-order valence-corrected chi connectivity index (χ1v) is 12.6. The molecule has 5 nitrogen and oxygen atoms in total. The van der Waals surface area contributed by atoms with Gasteiger partial charge < -0.3 is 10.6 Å². The summed E-state index contributed by atoms with van der Waals surface area (Å²) >= 11 is 12.1. The third kappa shape index (κ3) is 6.63. The summed E-state index contributed by atoms with van der Waals surface area (Å²) in [6.45, 7) is 4.35. The number of para-hydroxylation sites is 1. The van der Waals surface area contributed by atoms with E-state index in [2.05, 4.69) is 15.5 Å². The minimum absolute atomic E-state index is 0.0458. The quantitative estimate of drug-likeness (QED) is 0.390. The molecule has 2 amide bonds. The lowest BCUT2D eigenvalue weighted by atomic mass is 9.95. The summed E-state index contributed by atoms with van der Waals surface area (Å²) in [5.41, 5.74) is 3.12. The molecule has 0 saturated carbocycles. The minimum atomic E-state index is -0.214. The van der Waals surface area contributed by atoms with Crippen LogP contribution in [0.15, 0.2) is 72.8 Å². The Labute approximate surface area is 216 Å². The lowest BCUT2D eigenvalue weighted by molar-refractivity contribution is -0.121. The molecule has 182 valence electrons. The van der Waals surface area contributed by atoms with Crippen LogP contribution in [0.2, 0.25) is 10.0 Å². The fraction of sp³-hybridized carbons (Fsp3) is 0.286. The van der Waals surface area contributed by atoms with Crippen LogP contribution < -0.4 is 10.6 Å². The van der Waals surface area contributed by atoms with E-state index in [9.17, 15) is 9.59 Å². The minimum Gasteiger partial charge on any atom is -0.345 e. The summed E-state index contributed by atoms with van der Waals surface area (Å²) in [5.74, 6) is -0.358. The number of carbonyl (C=O) groups is 2. The number of amides is 2. The Kier molecular flexibility index (Phi) is 8.45. The molecule has 0 radical (unpaired) electrons. The van der Waals surface area contributed by atoms with E-state index in [-0.39, 0.29) is 23.8 Å². The zero-order valence-electron chi connectivity index (χ0n) is 19.6. The van der Waals surface area contributed by atoms with Gasteiger partial charge in [-0.05, 0) is 68.2 Å². The van der Waals surface area contributed by atoms with E-state index in [4.69, 9.17) is 23.2 Å². The summed E-state index contributed by atoms with van der Waals surface area (Å²) in [4.78, 5) is 28.3. The van der Waals surface area contributed by atoms with Crippen LogP contribution >= 0.6 is 23.2 Å². The summed E-state index contributed by atoms with van der Waals surface area (Å²) in [6, 6.07) is 22.5. The molecular weight excluding hydrogens is 481 g/mol. The van der Waals surface area contributed by atoms with E-state index < -0.39 is 0 Å². The van der Waals surface area contributed by atoms with Crippen molar-refractivity contribution >= 4 is 40.7 Å². The van der Waals surface area contributed by atoms with Gasteiger partial charge in [-0.25, -0.2) is 0 Å². The molecule has 2 N–H and O–H groups in total. The maximum atomic E-state index is 13.0. The number of rotatable bonds is 7. The highest BCUT2D eigenvalue weighted by Gasteiger charge is 2.26. The summed E-state index contributed by atoms with van der Waals surface area (Å²) in [6.07, 6.45) is 1.51. The van der Waals surface area contributed by atoms with Gasteiger partial charge in [0.2, 0.25) is 5.91 Å². The first-order chi connectivity index (χ1) is 16.9. The first-order valence-electron chi connectivity index (χ1n) is 11.8. The van der Waals surface area contributed by atoms with Crippen molar-refractivity contribution in [3.63, 3.8) is 0 Å². The van der Waals surface area contributed by atoms with E-state index in [0.717, 1.165) is 43.6 Å². The van der Waals surface area contributed by atoms with Crippen molar-refractivity contribution in [1.82, 2.24) is 10.2 Å². The number of hydrogen-bond acceptors (Lipinski definition) is 3. The summed E-state index contributed by atoms with van der Waals surface area (Å²) in [7, 11) is 0. The number of hydrogen-bond donors (Lipinski definition) is 2. The van der Waals surface area contributed by atoms with Gasteiger partial charge in [0.15, 0.2) is 0 Å². The van der Waals surface area contributed by atoms with Gasteiger partial charge in [0, 0.05) is 12.5 Å². The molecule has 1 aliphatic rings. The second-order valence-electron chi connectivity index (χ2n) is 8.94. The van der Waals surface area contributed by atoms with Crippen molar-refractivity contribution in [1.29, 1.82) is 0 Å². The van der Waals surface area contributed by atoms with Crippen molar-refractivity contribution in [2.45, 2.75) is 32.4 Å². The molecule has 1 unspecified atom stereocenters. The van der Waals surface area contributed by atoms with Gasteiger partial charge in [0.1, 0.15) is 0 Å². The number of piperidine rings is 1. The van der Waals surface area contributed by atoms with Crippen LogP contribution in [0.1, 0.15) is 47.3 Å². The highest BCUT2D eigenvalue weighted by molar-refractivity contribution is 6.42. The normalized spacial score (nSPS) is 15.4. The van der Waals surface area contributed by atoms with E-state index in [0.29, 0.717) is 21.3 Å². The number of nitrogens with one attached hydrogen (secondary N) is 2. The van der Waals surface area contributed by atoms with Crippen LogP contribution in [-0.4, -0.2) is 29.8 Å². The Morgan fingerprint density at radius 1 is 0.943 bits per heavy atom. The number of carbonyl (C=O) groups excluding carboxylic acids is 2. The Balaban J connectivity index is 1.33. The molecule has 3 aromatic rings. The van der Waals surface area contributed by atoms with Crippen molar-refractivity contribution < 1.29 is 9.59 Å². The Hall–Kier alpha value is -2.86. The lowest BCUT2D eigenvalue weighted by Gasteiger charge is -2.31. The largest absolute Gasteiger partial charge is 0.345 e. The van der Waals surface area contributed by atoms with Crippen LogP contribution in [0.25, 0.3) is 0 Å². The average Bonchev–Trinajstić information content (AvgIpc) is 2.87. The molecule has 35 heavy (non-hydrogen) atoms. The van der Waals surface area contributed by atoms with Crippen LogP contribution in [0.3, 0.4) is 0 Å². The maximum absolute atomic E-state index is 13.0. The number of anilines is 1. The van der Waals surface area contributed by atoms with E-state index in [1.807, 2.05) is 61.5 Å². The Morgan fingerprint density at radius 3 is 2.34 bits per heavy atom. The number of likely N-dealkylation sites (tertiary alicyclic amines) is 1. The van der Waals surface area contributed by atoms with Crippen molar-refractivity contribution in [3.05, 3.63) is 99.5 Å². The maximum Gasteiger partial charge on any atom is 0.253 e. The van der Waals surface area contributed by atoms with Crippen LogP contribution in [0.4, 0.5) is 5.69 Å². The monoisotopic (exact) mass is 509 g/mol. The average molecular weight is 510 g/mol. The molecule has 0 aliphatic carbocycles. The van der Waals surface area contributed by atoms with E-state index in [1.165, 1.54) is 0 Å². The molecule has 3 aromatic carbocycles. The molecular formula is C28H29Cl2N3O2. The van der Waals surface area contributed by atoms with Gasteiger partial charge >= 0.3 is 0 Å². The molecule has 0 aromatic heterocycles. The molecule has 1 heterocycles. The molecule has 4 rings (SSSR count). The molecule has 1 saturated heterocycles. The highest BCUT2D eigenvalue weighted by Crippen LogP contribution is 2.26. The fourth-order valence-electron chi connectivity index (χ4n) is 4.37. The molecule has 1 aliphatic heterocycles.